The summed E-state index contributed by atoms with van der Waals surface area (Å²) in [7, 11) is 0. The summed E-state index contributed by atoms with van der Waals surface area (Å²) >= 11 is 0. The number of nitrogens with one attached hydrogen (secondary N) is 1. The van der Waals surface area contributed by atoms with Crippen LogP contribution >= 0.6 is 0 Å². The molecule has 0 aromatic carbocycles. The standard InChI is InChI=1S/C16H31N/c1-12(2)4-6-14-10-13(3)5-7-15(14)11-17-16-8-9-16/h12-17H,4-11H2,1-3H3. The Kier molecular flexibility index (Phi) is 4.90. The summed E-state index contributed by atoms with van der Waals surface area (Å²) in [6, 6.07) is 0.889. The third-order valence-electron chi connectivity index (χ3n) is 4.76. The zero-order valence-electron chi connectivity index (χ0n) is 12.0. The van der Waals surface area contributed by atoms with Gasteiger partial charge in [-0.2, -0.15) is 0 Å². The fraction of sp³-hybridized carbons (Fsp3) is 1.00. The summed E-state index contributed by atoms with van der Waals surface area (Å²) in [5.74, 6) is 3.84. The van der Waals surface area contributed by atoms with E-state index in [1.807, 2.05) is 0 Å². The van der Waals surface area contributed by atoms with Crippen molar-refractivity contribution >= 4 is 0 Å². The van der Waals surface area contributed by atoms with Gasteiger partial charge in [-0.1, -0.05) is 33.6 Å². The Balaban J connectivity index is 1.76. The van der Waals surface area contributed by atoms with E-state index >= 15 is 0 Å². The van der Waals surface area contributed by atoms with E-state index in [1.165, 1.54) is 51.5 Å². The van der Waals surface area contributed by atoms with Crippen LogP contribution < -0.4 is 5.32 Å². The Hall–Kier alpha value is -0.0400. The first-order valence-corrected chi connectivity index (χ1v) is 7.88. The van der Waals surface area contributed by atoms with Crippen LogP contribution in [0.2, 0.25) is 0 Å². The van der Waals surface area contributed by atoms with Crippen molar-refractivity contribution in [1.29, 1.82) is 0 Å². The summed E-state index contributed by atoms with van der Waals surface area (Å²) in [4.78, 5) is 0. The maximum Gasteiger partial charge on any atom is 0.00683 e. The summed E-state index contributed by atoms with van der Waals surface area (Å²) < 4.78 is 0. The van der Waals surface area contributed by atoms with Crippen LogP contribution in [0.5, 0.6) is 0 Å². The van der Waals surface area contributed by atoms with Gasteiger partial charge in [-0.3, -0.25) is 0 Å². The lowest BCUT2D eigenvalue weighted by Crippen LogP contribution is -2.33. The first kappa shape index (κ1) is 13.4. The van der Waals surface area contributed by atoms with Crippen molar-refractivity contribution in [3.63, 3.8) is 0 Å². The van der Waals surface area contributed by atoms with Gasteiger partial charge in [0, 0.05) is 6.04 Å². The predicted molar refractivity (Wildman–Crippen MR) is 75.1 cm³/mol. The highest BCUT2D eigenvalue weighted by Gasteiger charge is 2.30. The van der Waals surface area contributed by atoms with Gasteiger partial charge in [0.15, 0.2) is 0 Å². The van der Waals surface area contributed by atoms with Crippen LogP contribution in [0.4, 0.5) is 0 Å². The summed E-state index contributed by atoms with van der Waals surface area (Å²) in [6.07, 6.45) is 10.2. The van der Waals surface area contributed by atoms with E-state index in [1.54, 1.807) is 0 Å². The highest BCUT2D eigenvalue weighted by atomic mass is 14.9. The molecular formula is C16H31N. The second kappa shape index (κ2) is 6.22. The fourth-order valence-electron chi connectivity index (χ4n) is 3.34. The van der Waals surface area contributed by atoms with Crippen LogP contribution in [0.3, 0.4) is 0 Å². The van der Waals surface area contributed by atoms with Crippen molar-refractivity contribution in [2.24, 2.45) is 23.7 Å². The van der Waals surface area contributed by atoms with Crippen molar-refractivity contribution in [2.75, 3.05) is 6.54 Å². The van der Waals surface area contributed by atoms with E-state index < -0.39 is 0 Å². The molecule has 2 aliphatic rings. The largest absolute Gasteiger partial charge is 0.314 e. The second-order valence-corrected chi connectivity index (χ2v) is 7.09. The second-order valence-electron chi connectivity index (χ2n) is 7.09. The predicted octanol–water partition coefficient (Wildman–Crippen LogP) is 4.23. The van der Waals surface area contributed by atoms with Gasteiger partial charge < -0.3 is 5.32 Å². The van der Waals surface area contributed by atoms with Gasteiger partial charge in [-0.15, -0.1) is 0 Å². The molecule has 1 heteroatoms. The molecule has 0 saturated heterocycles. The first-order chi connectivity index (χ1) is 8.15. The van der Waals surface area contributed by atoms with E-state index in [9.17, 15) is 0 Å². The Morgan fingerprint density at radius 1 is 1.06 bits per heavy atom. The minimum Gasteiger partial charge on any atom is -0.314 e. The Morgan fingerprint density at radius 2 is 1.82 bits per heavy atom. The maximum absolute atomic E-state index is 3.76. The lowest BCUT2D eigenvalue weighted by Gasteiger charge is -2.35. The van der Waals surface area contributed by atoms with Crippen LogP contribution in [0.15, 0.2) is 0 Å². The van der Waals surface area contributed by atoms with Crippen molar-refractivity contribution < 1.29 is 0 Å². The van der Waals surface area contributed by atoms with Gasteiger partial charge in [0.05, 0.1) is 0 Å². The van der Waals surface area contributed by atoms with Crippen LogP contribution in [-0.4, -0.2) is 12.6 Å². The quantitative estimate of drug-likeness (QED) is 0.729. The highest BCUT2D eigenvalue weighted by molar-refractivity contribution is 4.85. The fourth-order valence-corrected chi connectivity index (χ4v) is 3.34. The summed E-state index contributed by atoms with van der Waals surface area (Å²) in [6.45, 7) is 8.49. The highest BCUT2D eigenvalue weighted by Crippen LogP contribution is 2.37. The molecule has 2 saturated carbocycles. The zero-order chi connectivity index (χ0) is 12.3. The monoisotopic (exact) mass is 237 g/mol. The van der Waals surface area contributed by atoms with Gasteiger partial charge in [0.25, 0.3) is 0 Å². The maximum atomic E-state index is 3.76. The lowest BCUT2D eigenvalue weighted by molar-refractivity contribution is 0.167. The van der Waals surface area contributed by atoms with E-state index in [-0.39, 0.29) is 0 Å². The minimum absolute atomic E-state index is 0.879. The molecule has 0 bridgehead atoms. The molecular weight excluding hydrogens is 206 g/mol. The van der Waals surface area contributed by atoms with E-state index in [0.717, 1.165) is 29.7 Å². The van der Waals surface area contributed by atoms with Crippen molar-refractivity contribution in [3.8, 4) is 0 Å². The molecule has 100 valence electrons. The molecule has 1 nitrogen and oxygen atoms in total. The van der Waals surface area contributed by atoms with Gasteiger partial charge in [-0.05, 0) is 62.3 Å². The van der Waals surface area contributed by atoms with Crippen LogP contribution in [0.1, 0.15) is 65.7 Å². The molecule has 3 atom stereocenters. The third-order valence-corrected chi connectivity index (χ3v) is 4.76. The minimum atomic E-state index is 0.879. The average Bonchev–Trinajstić information content (AvgIpc) is 3.09. The molecule has 0 aromatic rings. The molecule has 1 N–H and O–H groups in total. The summed E-state index contributed by atoms with van der Waals surface area (Å²) in [5, 5.41) is 3.76. The topological polar surface area (TPSA) is 12.0 Å². The number of rotatable bonds is 6. The van der Waals surface area contributed by atoms with Crippen LogP contribution in [0, 0.1) is 23.7 Å². The number of hydrogen-bond acceptors (Lipinski definition) is 1. The lowest BCUT2D eigenvalue weighted by atomic mass is 9.72. The Bertz CT molecular complexity index is 220. The molecule has 0 heterocycles. The molecule has 0 aromatic heterocycles. The normalized spacial score (nSPS) is 34.2. The van der Waals surface area contributed by atoms with Crippen molar-refractivity contribution in [3.05, 3.63) is 0 Å². The third kappa shape index (κ3) is 4.62. The number of hydrogen-bond donors (Lipinski definition) is 1. The van der Waals surface area contributed by atoms with Gasteiger partial charge in [0.2, 0.25) is 0 Å². The van der Waals surface area contributed by atoms with Gasteiger partial charge >= 0.3 is 0 Å². The van der Waals surface area contributed by atoms with E-state index in [4.69, 9.17) is 0 Å². The van der Waals surface area contributed by atoms with E-state index in [2.05, 4.69) is 26.1 Å². The molecule has 3 unspecified atom stereocenters. The van der Waals surface area contributed by atoms with Crippen molar-refractivity contribution in [2.45, 2.75) is 71.8 Å². The Labute approximate surface area is 108 Å². The molecule has 2 aliphatic carbocycles. The van der Waals surface area contributed by atoms with Gasteiger partial charge in [0.1, 0.15) is 0 Å². The molecule has 0 aliphatic heterocycles. The van der Waals surface area contributed by atoms with Crippen LogP contribution in [-0.2, 0) is 0 Å². The molecule has 0 radical (unpaired) electrons. The molecule has 0 amide bonds. The van der Waals surface area contributed by atoms with Gasteiger partial charge in [-0.25, -0.2) is 0 Å². The zero-order valence-corrected chi connectivity index (χ0v) is 12.0. The molecule has 0 spiro atoms. The average molecular weight is 237 g/mol. The van der Waals surface area contributed by atoms with Crippen LogP contribution in [0.25, 0.3) is 0 Å². The molecule has 2 rings (SSSR count). The van der Waals surface area contributed by atoms with Crippen molar-refractivity contribution in [1.82, 2.24) is 5.32 Å². The first-order valence-electron chi connectivity index (χ1n) is 7.88. The molecule has 2 fully saturated rings. The smallest absolute Gasteiger partial charge is 0.00683 e. The SMILES string of the molecule is CC(C)CCC1CC(C)CCC1CNC1CC1. The summed E-state index contributed by atoms with van der Waals surface area (Å²) in [5.41, 5.74) is 0. The van der Waals surface area contributed by atoms with E-state index in [0.29, 0.717) is 0 Å². The molecule has 17 heavy (non-hydrogen) atoms. The Morgan fingerprint density at radius 3 is 2.47 bits per heavy atom.